The number of hydrogen-bond donors (Lipinski definition) is 1. The maximum atomic E-state index is 13.0. The molecule has 3 heteroatoms. The highest BCUT2D eigenvalue weighted by Gasteiger charge is 2.34. The van der Waals surface area contributed by atoms with Crippen LogP contribution < -0.4 is 10.2 Å². The predicted molar refractivity (Wildman–Crippen MR) is 81.9 cm³/mol. The van der Waals surface area contributed by atoms with E-state index in [0.717, 1.165) is 37.9 Å². The van der Waals surface area contributed by atoms with Crippen molar-refractivity contribution in [2.75, 3.05) is 11.4 Å². The van der Waals surface area contributed by atoms with Crippen LogP contribution in [0.25, 0.3) is 0 Å². The van der Waals surface area contributed by atoms with Gasteiger partial charge in [0.2, 0.25) is 5.91 Å². The van der Waals surface area contributed by atoms with Crippen molar-refractivity contribution in [3.63, 3.8) is 0 Å². The first-order chi connectivity index (χ1) is 9.66. The van der Waals surface area contributed by atoms with Crippen LogP contribution in [0.5, 0.6) is 0 Å². The minimum absolute atomic E-state index is 0.180. The van der Waals surface area contributed by atoms with E-state index in [9.17, 15) is 4.79 Å². The summed E-state index contributed by atoms with van der Waals surface area (Å²) in [6.07, 6.45) is 4.09. The molecule has 0 bridgehead atoms. The Morgan fingerprint density at radius 1 is 1.25 bits per heavy atom. The molecule has 3 nitrogen and oxygen atoms in total. The Bertz CT molecular complexity index is 500. The number of nitrogens with zero attached hydrogens (tertiary/aromatic N) is 1. The Kier molecular flexibility index (Phi) is 3.79. The number of benzene rings is 1. The van der Waals surface area contributed by atoms with Crippen LogP contribution in [0.4, 0.5) is 5.69 Å². The van der Waals surface area contributed by atoms with Crippen LogP contribution >= 0.6 is 0 Å². The third kappa shape index (κ3) is 2.47. The Morgan fingerprint density at radius 2 is 2.05 bits per heavy atom. The number of aryl methyl sites for hydroxylation is 1. The van der Waals surface area contributed by atoms with Crippen molar-refractivity contribution < 1.29 is 4.79 Å². The molecule has 1 N–H and O–H groups in total. The van der Waals surface area contributed by atoms with Gasteiger partial charge in [0.05, 0.1) is 0 Å². The summed E-state index contributed by atoms with van der Waals surface area (Å²) in [4.78, 5) is 15.0. The van der Waals surface area contributed by atoms with E-state index in [2.05, 4.69) is 42.3 Å². The quantitative estimate of drug-likeness (QED) is 0.852. The second kappa shape index (κ2) is 5.57. The average molecular weight is 272 g/mol. The molecular formula is C17H24N2O. The minimum atomic E-state index is 0.180. The monoisotopic (exact) mass is 272 g/mol. The van der Waals surface area contributed by atoms with Crippen LogP contribution in [0.3, 0.4) is 0 Å². The van der Waals surface area contributed by atoms with Crippen LogP contribution in [0.1, 0.15) is 38.7 Å². The van der Waals surface area contributed by atoms with E-state index < -0.39 is 0 Å². The zero-order valence-corrected chi connectivity index (χ0v) is 12.4. The summed E-state index contributed by atoms with van der Waals surface area (Å²) in [7, 11) is 0. The Morgan fingerprint density at radius 3 is 2.85 bits per heavy atom. The van der Waals surface area contributed by atoms with Gasteiger partial charge in [-0.05, 0) is 57.7 Å². The molecule has 0 saturated carbocycles. The van der Waals surface area contributed by atoms with E-state index in [0.29, 0.717) is 18.0 Å². The van der Waals surface area contributed by atoms with E-state index in [1.165, 1.54) is 5.56 Å². The molecule has 0 radical (unpaired) electrons. The van der Waals surface area contributed by atoms with E-state index in [4.69, 9.17) is 0 Å². The van der Waals surface area contributed by atoms with E-state index in [-0.39, 0.29) is 5.92 Å². The molecule has 3 rings (SSSR count). The molecule has 3 unspecified atom stereocenters. The fourth-order valence-electron chi connectivity index (χ4n) is 3.58. The van der Waals surface area contributed by atoms with Gasteiger partial charge in [-0.3, -0.25) is 4.79 Å². The molecule has 1 amide bonds. The van der Waals surface area contributed by atoms with Gasteiger partial charge in [0.1, 0.15) is 0 Å². The summed E-state index contributed by atoms with van der Waals surface area (Å²) in [5.41, 5.74) is 2.46. The summed E-state index contributed by atoms with van der Waals surface area (Å²) in [6, 6.07) is 9.15. The number of amides is 1. The first-order valence-corrected chi connectivity index (χ1v) is 7.81. The molecule has 108 valence electrons. The van der Waals surface area contributed by atoms with Crippen molar-refractivity contribution in [3.8, 4) is 0 Å². The van der Waals surface area contributed by atoms with Crippen molar-refractivity contribution in [1.82, 2.24) is 5.32 Å². The predicted octanol–water partition coefficient (Wildman–Crippen LogP) is 2.74. The van der Waals surface area contributed by atoms with Gasteiger partial charge in [-0.2, -0.15) is 0 Å². The molecule has 2 heterocycles. The van der Waals surface area contributed by atoms with Crippen LogP contribution in [0.2, 0.25) is 0 Å². The number of fused-ring (bicyclic) bond motifs is 1. The largest absolute Gasteiger partial charge is 0.314 e. The van der Waals surface area contributed by atoms with Crippen LogP contribution in [-0.4, -0.2) is 24.5 Å². The maximum Gasteiger partial charge on any atom is 0.230 e. The zero-order valence-electron chi connectivity index (χ0n) is 12.4. The van der Waals surface area contributed by atoms with Gasteiger partial charge in [0.25, 0.3) is 0 Å². The van der Waals surface area contributed by atoms with Crippen molar-refractivity contribution in [2.45, 2.75) is 51.6 Å². The van der Waals surface area contributed by atoms with Crippen molar-refractivity contribution >= 4 is 11.6 Å². The molecular weight excluding hydrogens is 248 g/mol. The first-order valence-electron chi connectivity index (χ1n) is 7.81. The topological polar surface area (TPSA) is 32.3 Å². The fraction of sp³-hybridized carbons (Fsp3) is 0.588. The third-order valence-electron chi connectivity index (χ3n) is 4.73. The maximum absolute atomic E-state index is 13.0. The molecule has 1 saturated heterocycles. The van der Waals surface area contributed by atoms with Crippen molar-refractivity contribution in [2.24, 2.45) is 5.92 Å². The van der Waals surface area contributed by atoms with Gasteiger partial charge in [0, 0.05) is 23.7 Å². The van der Waals surface area contributed by atoms with Crippen LogP contribution in [0, 0.1) is 5.92 Å². The highest BCUT2D eigenvalue weighted by Crippen LogP contribution is 2.33. The second-order valence-electron chi connectivity index (χ2n) is 6.30. The molecule has 2 aliphatic heterocycles. The summed E-state index contributed by atoms with van der Waals surface area (Å²) < 4.78 is 0. The lowest BCUT2D eigenvalue weighted by molar-refractivity contribution is -0.124. The van der Waals surface area contributed by atoms with Gasteiger partial charge in [-0.1, -0.05) is 18.2 Å². The molecule has 0 aliphatic carbocycles. The average Bonchev–Trinajstić information content (AvgIpc) is 2.46. The summed E-state index contributed by atoms with van der Waals surface area (Å²) in [5.74, 6) is 0.512. The van der Waals surface area contributed by atoms with E-state index in [1.54, 1.807) is 0 Å². The summed E-state index contributed by atoms with van der Waals surface area (Å²) in [6.45, 7) is 5.31. The number of para-hydroxylation sites is 1. The molecule has 1 aromatic carbocycles. The Labute approximate surface area is 121 Å². The zero-order chi connectivity index (χ0) is 14.1. The summed E-state index contributed by atoms with van der Waals surface area (Å²) >= 11 is 0. The number of piperidine rings is 1. The lowest BCUT2D eigenvalue weighted by Crippen LogP contribution is -2.49. The molecule has 3 atom stereocenters. The number of rotatable bonds is 1. The molecule has 0 spiro atoms. The van der Waals surface area contributed by atoms with Crippen LogP contribution in [-0.2, 0) is 11.2 Å². The fourth-order valence-corrected chi connectivity index (χ4v) is 3.58. The highest BCUT2D eigenvalue weighted by molar-refractivity contribution is 5.96. The van der Waals surface area contributed by atoms with E-state index in [1.807, 2.05) is 6.07 Å². The number of nitrogens with one attached hydrogen (secondary N) is 1. The van der Waals surface area contributed by atoms with Crippen molar-refractivity contribution in [3.05, 3.63) is 29.8 Å². The van der Waals surface area contributed by atoms with Gasteiger partial charge < -0.3 is 10.2 Å². The lowest BCUT2D eigenvalue weighted by Gasteiger charge is -2.39. The smallest absolute Gasteiger partial charge is 0.230 e. The third-order valence-corrected chi connectivity index (χ3v) is 4.73. The lowest BCUT2D eigenvalue weighted by atomic mass is 9.89. The Balaban J connectivity index is 1.86. The number of carbonyl (C=O) groups excluding carboxylic acids is 1. The van der Waals surface area contributed by atoms with Gasteiger partial charge in [-0.15, -0.1) is 0 Å². The molecule has 1 fully saturated rings. The second-order valence-corrected chi connectivity index (χ2v) is 6.30. The molecule has 1 aromatic rings. The van der Waals surface area contributed by atoms with Gasteiger partial charge >= 0.3 is 0 Å². The molecule has 2 aliphatic rings. The highest BCUT2D eigenvalue weighted by atomic mass is 16.2. The van der Waals surface area contributed by atoms with Gasteiger partial charge in [0.15, 0.2) is 0 Å². The molecule has 0 aromatic heterocycles. The van der Waals surface area contributed by atoms with Crippen molar-refractivity contribution in [1.29, 1.82) is 0 Å². The molecule has 20 heavy (non-hydrogen) atoms. The number of anilines is 1. The minimum Gasteiger partial charge on any atom is -0.314 e. The number of carbonyl (C=O) groups is 1. The summed E-state index contributed by atoms with van der Waals surface area (Å²) in [5, 5.41) is 3.43. The first kappa shape index (κ1) is 13.6. The number of hydrogen-bond acceptors (Lipinski definition) is 2. The van der Waals surface area contributed by atoms with Gasteiger partial charge in [-0.25, -0.2) is 0 Å². The SMILES string of the molecule is CC1CC(C(=O)N2c3ccccc3CCC2C)CCN1. The Hall–Kier alpha value is -1.35. The standard InChI is InChI=1S/C17H24N2O/c1-12-11-15(9-10-18-12)17(20)19-13(2)7-8-14-5-3-4-6-16(14)19/h3-6,12-13,15,18H,7-11H2,1-2H3. The normalized spacial score (nSPS) is 29.9. The van der Waals surface area contributed by atoms with E-state index >= 15 is 0 Å². The van der Waals surface area contributed by atoms with Crippen LogP contribution in [0.15, 0.2) is 24.3 Å².